The maximum atomic E-state index is 5.87. The fraction of sp³-hybridized carbons (Fsp3) is 0.348. The number of pyridine rings is 1. The van der Waals surface area contributed by atoms with Gasteiger partial charge in [0.25, 0.3) is 0 Å². The monoisotopic (exact) mass is 422 g/mol. The number of nitrogens with zero attached hydrogens (tertiary/aromatic N) is 4. The Morgan fingerprint density at radius 2 is 1.77 bits per heavy atom. The lowest BCUT2D eigenvalue weighted by Gasteiger charge is -2.13. The minimum Gasteiger partial charge on any atom is -0.494 e. The summed E-state index contributed by atoms with van der Waals surface area (Å²) < 4.78 is 13.2. The number of hydrogen-bond donors (Lipinski definition) is 2. The first-order valence-electron chi connectivity index (χ1n) is 10.3. The normalized spacial score (nSPS) is 11.3. The summed E-state index contributed by atoms with van der Waals surface area (Å²) in [5.74, 6) is 2.78. The van der Waals surface area contributed by atoms with Crippen molar-refractivity contribution in [1.29, 1.82) is 0 Å². The Balaban J connectivity index is 1.56. The molecule has 0 fully saturated rings. The first kappa shape index (κ1) is 22.1. The van der Waals surface area contributed by atoms with Crippen molar-refractivity contribution in [3.63, 3.8) is 0 Å². The lowest BCUT2D eigenvalue weighted by molar-refractivity contribution is 0.339. The fourth-order valence-electron chi connectivity index (χ4n) is 3.16. The van der Waals surface area contributed by atoms with Crippen LogP contribution in [0.4, 0.5) is 0 Å². The van der Waals surface area contributed by atoms with Crippen molar-refractivity contribution in [2.45, 2.75) is 33.9 Å². The van der Waals surface area contributed by atoms with Crippen molar-refractivity contribution in [1.82, 2.24) is 25.4 Å². The molecule has 0 aliphatic heterocycles. The Kier molecular flexibility index (Phi) is 7.48. The number of aryl methyl sites for hydroxylation is 2. The summed E-state index contributed by atoms with van der Waals surface area (Å²) in [7, 11) is 3.71. The second-order valence-electron chi connectivity index (χ2n) is 7.06. The maximum Gasteiger partial charge on any atom is 0.219 e. The molecule has 1 aromatic carbocycles. The van der Waals surface area contributed by atoms with Gasteiger partial charge in [-0.15, -0.1) is 0 Å². The number of rotatable bonds is 8. The molecular formula is C23H30N6O2. The molecule has 8 nitrogen and oxygen atoms in total. The fourth-order valence-corrected chi connectivity index (χ4v) is 3.16. The molecule has 0 unspecified atom stereocenters. The minimum atomic E-state index is 0.535. The smallest absolute Gasteiger partial charge is 0.219 e. The van der Waals surface area contributed by atoms with Crippen molar-refractivity contribution in [3.05, 3.63) is 65.1 Å². The van der Waals surface area contributed by atoms with E-state index in [1.807, 2.05) is 62.0 Å². The molecule has 31 heavy (non-hydrogen) atoms. The van der Waals surface area contributed by atoms with E-state index < -0.39 is 0 Å². The van der Waals surface area contributed by atoms with Gasteiger partial charge in [-0.25, -0.2) is 4.98 Å². The third kappa shape index (κ3) is 5.97. The molecule has 2 N–H and O–H groups in total. The second kappa shape index (κ2) is 10.5. The molecule has 8 heteroatoms. The summed E-state index contributed by atoms with van der Waals surface area (Å²) in [4.78, 5) is 8.61. The average molecular weight is 423 g/mol. The van der Waals surface area contributed by atoms with E-state index in [2.05, 4.69) is 32.6 Å². The highest BCUT2D eigenvalue weighted by molar-refractivity contribution is 5.79. The van der Waals surface area contributed by atoms with Gasteiger partial charge in [-0.3, -0.25) is 9.67 Å². The largest absolute Gasteiger partial charge is 0.494 e. The Morgan fingerprint density at radius 3 is 2.42 bits per heavy atom. The average Bonchev–Trinajstić information content (AvgIpc) is 3.01. The maximum absolute atomic E-state index is 5.87. The predicted octanol–water partition coefficient (Wildman–Crippen LogP) is 3.49. The van der Waals surface area contributed by atoms with E-state index in [4.69, 9.17) is 9.47 Å². The van der Waals surface area contributed by atoms with E-state index in [0.717, 1.165) is 22.7 Å². The Bertz CT molecular complexity index is 1030. The van der Waals surface area contributed by atoms with E-state index >= 15 is 0 Å². The Morgan fingerprint density at radius 1 is 1.06 bits per heavy atom. The zero-order chi connectivity index (χ0) is 22.2. The summed E-state index contributed by atoms with van der Waals surface area (Å²) >= 11 is 0. The van der Waals surface area contributed by atoms with Gasteiger partial charge in [0.1, 0.15) is 11.5 Å². The Labute approximate surface area is 183 Å². The van der Waals surface area contributed by atoms with Gasteiger partial charge < -0.3 is 20.1 Å². The quantitative estimate of drug-likeness (QED) is 0.427. The summed E-state index contributed by atoms with van der Waals surface area (Å²) in [6, 6.07) is 11.3. The first-order valence-corrected chi connectivity index (χ1v) is 10.3. The highest BCUT2D eigenvalue weighted by Gasteiger charge is 2.10. The number of guanidine groups is 1. The van der Waals surface area contributed by atoms with Crippen molar-refractivity contribution in [3.8, 4) is 17.4 Å². The molecule has 2 aromatic heterocycles. The first-order chi connectivity index (χ1) is 15.0. The van der Waals surface area contributed by atoms with E-state index in [0.29, 0.717) is 37.3 Å². The lowest BCUT2D eigenvalue weighted by atomic mass is 10.2. The predicted molar refractivity (Wildman–Crippen MR) is 122 cm³/mol. The topological polar surface area (TPSA) is 85.6 Å². The molecule has 2 heterocycles. The molecule has 0 aliphatic carbocycles. The molecular weight excluding hydrogens is 392 g/mol. The summed E-state index contributed by atoms with van der Waals surface area (Å²) in [5.41, 5.74) is 4.38. The van der Waals surface area contributed by atoms with Crippen LogP contribution in [0.5, 0.6) is 17.4 Å². The van der Waals surface area contributed by atoms with Crippen LogP contribution in [0, 0.1) is 13.8 Å². The van der Waals surface area contributed by atoms with Gasteiger partial charge in [-0.2, -0.15) is 5.10 Å². The zero-order valence-electron chi connectivity index (χ0n) is 18.8. The van der Waals surface area contributed by atoms with Gasteiger partial charge in [-0.05, 0) is 56.7 Å². The molecule has 164 valence electrons. The molecule has 0 amide bonds. The highest BCUT2D eigenvalue weighted by atomic mass is 16.5. The van der Waals surface area contributed by atoms with Crippen LogP contribution in [0.15, 0.2) is 47.6 Å². The van der Waals surface area contributed by atoms with Crippen LogP contribution < -0.4 is 20.1 Å². The van der Waals surface area contributed by atoms with Crippen LogP contribution in [0.25, 0.3) is 0 Å². The van der Waals surface area contributed by atoms with Crippen LogP contribution in [0.3, 0.4) is 0 Å². The summed E-state index contributed by atoms with van der Waals surface area (Å²) in [6.45, 7) is 7.93. The van der Waals surface area contributed by atoms with E-state index in [1.165, 1.54) is 5.56 Å². The third-order valence-electron chi connectivity index (χ3n) is 4.93. The summed E-state index contributed by atoms with van der Waals surface area (Å²) in [5, 5.41) is 11.1. The molecule has 0 radical (unpaired) electrons. The van der Waals surface area contributed by atoms with Crippen LogP contribution in [-0.4, -0.2) is 34.4 Å². The molecule has 3 rings (SSSR count). The van der Waals surface area contributed by atoms with Crippen molar-refractivity contribution in [2.24, 2.45) is 12.0 Å². The number of aromatic nitrogens is 3. The van der Waals surface area contributed by atoms with E-state index in [1.54, 1.807) is 13.2 Å². The second-order valence-corrected chi connectivity index (χ2v) is 7.06. The SMILES string of the molecule is CCOc1ccc(Oc2cc(CNC(=NC)NCc3c(C)nn(C)c3C)ccn2)cc1. The molecule has 0 atom stereocenters. The van der Waals surface area contributed by atoms with Gasteiger partial charge in [0, 0.05) is 50.7 Å². The molecule has 0 saturated carbocycles. The van der Waals surface area contributed by atoms with Gasteiger partial charge in [0.05, 0.1) is 12.3 Å². The van der Waals surface area contributed by atoms with Crippen LogP contribution in [0.1, 0.15) is 29.4 Å². The molecule has 0 saturated heterocycles. The molecule has 0 bridgehead atoms. The number of ether oxygens (including phenoxy) is 2. The highest BCUT2D eigenvalue weighted by Crippen LogP contribution is 2.23. The molecule has 0 spiro atoms. The van der Waals surface area contributed by atoms with E-state index in [9.17, 15) is 0 Å². The van der Waals surface area contributed by atoms with Crippen LogP contribution in [-0.2, 0) is 20.1 Å². The number of benzene rings is 1. The number of nitrogens with one attached hydrogen (secondary N) is 2. The zero-order valence-corrected chi connectivity index (χ0v) is 18.8. The van der Waals surface area contributed by atoms with Gasteiger partial charge in [0.2, 0.25) is 5.88 Å². The summed E-state index contributed by atoms with van der Waals surface area (Å²) in [6.07, 6.45) is 1.74. The van der Waals surface area contributed by atoms with Crippen LogP contribution >= 0.6 is 0 Å². The molecule has 0 aliphatic rings. The van der Waals surface area contributed by atoms with Crippen molar-refractivity contribution < 1.29 is 9.47 Å². The van der Waals surface area contributed by atoms with Crippen molar-refractivity contribution in [2.75, 3.05) is 13.7 Å². The van der Waals surface area contributed by atoms with Crippen LogP contribution in [0.2, 0.25) is 0 Å². The lowest BCUT2D eigenvalue weighted by Crippen LogP contribution is -2.36. The van der Waals surface area contributed by atoms with Gasteiger partial charge in [-0.1, -0.05) is 0 Å². The van der Waals surface area contributed by atoms with E-state index in [-0.39, 0.29) is 0 Å². The van der Waals surface area contributed by atoms with Crippen molar-refractivity contribution >= 4 is 5.96 Å². The standard InChI is InChI=1S/C23H30N6O2/c1-6-30-19-7-9-20(10-8-19)31-22-13-18(11-12-25-22)14-26-23(24-4)27-15-21-16(2)28-29(5)17(21)3/h7-13H,6,14-15H2,1-5H3,(H2,24,26,27). The van der Waals surface area contributed by atoms with Gasteiger partial charge >= 0.3 is 0 Å². The Hall–Kier alpha value is -3.55. The molecule has 3 aromatic rings. The van der Waals surface area contributed by atoms with Gasteiger partial charge in [0.15, 0.2) is 5.96 Å². The third-order valence-corrected chi connectivity index (χ3v) is 4.93. The minimum absolute atomic E-state index is 0.535. The number of hydrogen-bond acceptors (Lipinski definition) is 5. The number of aliphatic imine (C=N–C) groups is 1.